The van der Waals surface area contributed by atoms with Gasteiger partial charge in [0.05, 0.1) is 5.69 Å². The number of hydrogen-bond acceptors (Lipinski definition) is 4. The molecule has 0 aliphatic rings. The van der Waals surface area contributed by atoms with Crippen LogP contribution >= 0.6 is 11.6 Å². The number of halogens is 1. The first kappa shape index (κ1) is 15.2. The van der Waals surface area contributed by atoms with Crippen molar-refractivity contribution < 1.29 is 13.2 Å². The number of ketones is 1. The zero-order valence-electron chi connectivity index (χ0n) is 11.1. The summed E-state index contributed by atoms with van der Waals surface area (Å²) in [6.45, 7) is 4.55. The van der Waals surface area contributed by atoms with Gasteiger partial charge >= 0.3 is 0 Å². The standard InChI is InChI=1S/C11H17ClN2O3S/c1-7-8(10(12)14(4)13-7)6-9(15)11(2,3)18(5,16)17/h6H2,1-5H3. The average molecular weight is 293 g/mol. The lowest BCUT2D eigenvalue weighted by molar-refractivity contribution is -0.120. The van der Waals surface area contributed by atoms with Crippen molar-refractivity contribution in [3.8, 4) is 0 Å². The fraction of sp³-hybridized carbons (Fsp3) is 0.636. The zero-order chi connectivity index (χ0) is 14.3. The highest BCUT2D eigenvalue weighted by Crippen LogP contribution is 2.24. The summed E-state index contributed by atoms with van der Waals surface area (Å²) >= 11 is 6.02. The van der Waals surface area contributed by atoms with Crippen LogP contribution in [0.2, 0.25) is 5.15 Å². The Hall–Kier alpha value is -0.880. The first-order chi connectivity index (χ1) is 7.98. The second kappa shape index (κ2) is 4.66. The van der Waals surface area contributed by atoms with E-state index in [1.54, 1.807) is 14.0 Å². The molecule has 18 heavy (non-hydrogen) atoms. The van der Waals surface area contributed by atoms with E-state index in [-0.39, 0.29) is 12.2 Å². The number of carbonyl (C=O) groups is 1. The number of sulfone groups is 1. The van der Waals surface area contributed by atoms with Crippen LogP contribution in [0.15, 0.2) is 0 Å². The van der Waals surface area contributed by atoms with Gasteiger partial charge in [0.15, 0.2) is 15.6 Å². The number of aromatic nitrogens is 2. The average Bonchev–Trinajstić information content (AvgIpc) is 2.43. The van der Waals surface area contributed by atoms with E-state index in [0.717, 1.165) is 6.26 Å². The van der Waals surface area contributed by atoms with Crippen molar-refractivity contribution >= 4 is 27.2 Å². The van der Waals surface area contributed by atoms with Gasteiger partial charge in [-0.2, -0.15) is 5.10 Å². The summed E-state index contributed by atoms with van der Waals surface area (Å²) in [5, 5.41) is 4.46. The molecule has 102 valence electrons. The minimum Gasteiger partial charge on any atom is -0.298 e. The van der Waals surface area contributed by atoms with Gasteiger partial charge in [-0.3, -0.25) is 9.48 Å². The molecule has 0 bridgehead atoms. The van der Waals surface area contributed by atoms with Gasteiger partial charge < -0.3 is 0 Å². The molecule has 1 aromatic heterocycles. The summed E-state index contributed by atoms with van der Waals surface area (Å²) in [7, 11) is -1.79. The monoisotopic (exact) mass is 292 g/mol. The summed E-state index contributed by atoms with van der Waals surface area (Å²) in [6, 6.07) is 0. The Morgan fingerprint density at radius 1 is 1.44 bits per heavy atom. The Bertz CT molecular complexity index is 588. The number of Topliss-reactive ketones (excluding diaryl/α,β-unsaturated/α-hetero) is 1. The van der Waals surface area contributed by atoms with Crippen LogP contribution in [0, 0.1) is 6.92 Å². The molecule has 0 saturated carbocycles. The quantitative estimate of drug-likeness (QED) is 0.839. The number of rotatable bonds is 4. The molecule has 0 saturated heterocycles. The van der Waals surface area contributed by atoms with Gasteiger partial charge in [-0.15, -0.1) is 0 Å². The lowest BCUT2D eigenvalue weighted by atomic mass is 10.0. The Balaban J connectivity index is 3.10. The summed E-state index contributed by atoms with van der Waals surface area (Å²) in [6.07, 6.45) is 1.03. The maximum absolute atomic E-state index is 12.1. The van der Waals surface area contributed by atoms with Crippen LogP contribution in [0.5, 0.6) is 0 Å². The van der Waals surface area contributed by atoms with Crippen molar-refractivity contribution in [1.29, 1.82) is 0 Å². The number of carbonyl (C=O) groups excluding carboxylic acids is 1. The van der Waals surface area contributed by atoms with Crippen LogP contribution in [0.4, 0.5) is 0 Å². The van der Waals surface area contributed by atoms with Crippen LogP contribution in [-0.4, -0.2) is 35.0 Å². The second-order valence-corrected chi connectivity index (χ2v) is 7.78. The van der Waals surface area contributed by atoms with Gasteiger partial charge in [0, 0.05) is 25.3 Å². The molecule has 7 heteroatoms. The minimum atomic E-state index is -3.46. The molecular formula is C11H17ClN2O3S. The normalized spacial score (nSPS) is 12.8. The molecule has 1 heterocycles. The molecule has 0 aromatic carbocycles. The first-order valence-corrected chi connectivity index (χ1v) is 7.66. The van der Waals surface area contributed by atoms with Crippen molar-refractivity contribution in [2.45, 2.75) is 31.9 Å². The van der Waals surface area contributed by atoms with Gasteiger partial charge in [0.25, 0.3) is 0 Å². The van der Waals surface area contributed by atoms with Crippen molar-refractivity contribution in [3.63, 3.8) is 0 Å². The Kier molecular flexibility index (Phi) is 3.93. The fourth-order valence-electron chi connectivity index (χ4n) is 1.45. The molecule has 1 rings (SSSR count). The molecular weight excluding hydrogens is 276 g/mol. The lowest BCUT2D eigenvalue weighted by Crippen LogP contribution is -2.41. The maximum atomic E-state index is 12.1. The SMILES string of the molecule is Cc1nn(C)c(Cl)c1CC(=O)C(C)(C)S(C)(=O)=O. The van der Waals surface area contributed by atoms with Crippen LogP contribution in [0.25, 0.3) is 0 Å². The molecule has 0 atom stereocenters. The van der Waals surface area contributed by atoms with Crippen molar-refractivity contribution in [1.82, 2.24) is 9.78 Å². The van der Waals surface area contributed by atoms with Crippen LogP contribution in [0.3, 0.4) is 0 Å². The van der Waals surface area contributed by atoms with Crippen LogP contribution in [-0.2, 0) is 28.1 Å². The molecule has 0 radical (unpaired) electrons. The summed E-state index contributed by atoms with van der Waals surface area (Å²) in [5.74, 6) is -0.386. The van der Waals surface area contributed by atoms with Crippen molar-refractivity contribution in [2.75, 3.05) is 6.26 Å². The second-order valence-electron chi connectivity index (χ2n) is 4.86. The predicted molar refractivity (Wildman–Crippen MR) is 70.6 cm³/mol. The fourth-order valence-corrected chi connectivity index (χ4v) is 2.18. The van der Waals surface area contributed by atoms with E-state index in [1.165, 1.54) is 18.5 Å². The molecule has 0 spiro atoms. The molecule has 1 aromatic rings. The van der Waals surface area contributed by atoms with E-state index < -0.39 is 14.6 Å². The Morgan fingerprint density at radius 3 is 2.28 bits per heavy atom. The van der Waals surface area contributed by atoms with E-state index in [1.807, 2.05) is 0 Å². The van der Waals surface area contributed by atoms with E-state index in [9.17, 15) is 13.2 Å². The molecule has 5 nitrogen and oxygen atoms in total. The first-order valence-electron chi connectivity index (χ1n) is 5.39. The van der Waals surface area contributed by atoms with Crippen LogP contribution < -0.4 is 0 Å². The smallest absolute Gasteiger partial charge is 0.159 e. The molecule has 0 unspecified atom stereocenters. The van der Waals surface area contributed by atoms with E-state index in [4.69, 9.17) is 11.6 Å². The number of hydrogen-bond donors (Lipinski definition) is 0. The van der Waals surface area contributed by atoms with E-state index in [2.05, 4.69) is 5.10 Å². The number of aryl methyl sites for hydroxylation is 2. The van der Waals surface area contributed by atoms with Crippen molar-refractivity contribution in [3.05, 3.63) is 16.4 Å². The minimum absolute atomic E-state index is 0.0292. The third-order valence-electron chi connectivity index (χ3n) is 3.21. The largest absolute Gasteiger partial charge is 0.298 e. The molecule has 0 fully saturated rings. The Morgan fingerprint density at radius 2 is 1.94 bits per heavy atom. The topological polar surface area (TPSA) is 69.0 Å². The highest BCUT2D eigenvalue weighted by Gasteiger charge is 2.38. The summed E-state index contributed by atoms with van der Waals surface area (Å²) < 4.78 is 23.2. The number of nitrogens with zero attached hydrogens (tertiary/aromatic N) is 2. The molecule has 0 aliphatic carbocycles. The molecule has 0 amide bonds. The zero-order valence-corrected chi connectivity index (χ0v) is 12.7. The van der Waals surface area contributed by atoms with Gasteiger partial charge in [-0.25, -0.2) is 8.42 Å². The highest BCUT2D eigenvalue weighted by atomic mass is 35.5. The van der Waals surface area contributed by atoms with Gasteiger partial charge in [0.1, 0.15) is 9.90 Å². The summed E-state index contributed by atoms with van der Waals surface area (Å²) in [5.41, 5.74) is 1.22. The third kappa shape index (κ3) is 2.59. The lowest BCUT2D eigenvalue weighted by Gasteiger charge is -2.20. The highest BCUT2D eigenvalue weighted by molar-refractivity contribution is 7.92. The maximum Gasteiger partial charge on any atom is 0.159 e. The Labute approximate surface area is 112 Å². The van der Waals surface area contributed by atoms with Gasteiger partial charge in [0.2, 0.25) is 0 Å². The van der Waals surface area contributed by atoms with E-state index in [0.29, 0.717) is 16.4 Å². The predicted octanol–water partition coefficient (Wildman–Crippen LogP) is 1.32. The van der Waals surface area contributed by atoms with Crippen molar-refractivity contribution in [2.24, 2.45) is 7.05 Å². The molecule has 0 aliphatic heterocycles. The van der Waals surface area contributed by atoms with Crippen LogP contribution in [0.1, 0.15) is 25.1 Å². The van der Waals surface area contributed by atoms with Gasteiger partial charge in [-0.1, -0.05) is 11.6 Å². The van der Waals surface area contributed by atoms with Gasteiger partial charge in [-0.05, 0) is 20.8 Å². The summed E-state index contributed by atoms with van der Waals surface area (Å²) in [4.78, 5) is 12.1. The third-order valence-corrected chi connectivity index (χ3v) is 5.76. The molecule has 0 N–H and O–H groups in total. The van der Waals surface area contributed by atoms with E-state index >= 15 is 0 Å².